The minimum Gasteiger partial charge on any atom is -0.547 e. The molecule has 2 fully saturated rings. The largest absolute Gasteiger partial charge is 1.00 e. The van der Waals surface area contributed by atoms with Crippen molar-refractivity contribution in [2.45, 2.75) is 80.9 Å². The van der Waals surface area contributed by atoms with E-state index in [2.05, 4.69) is 33.6 Å². The molecule has 266 valence electrons. The Morgan fingerprint density at radius 1 is 0.918 bits per heavy atom. The number of hydrogen-bond donors (Lipinski definition) is 6. The number of nitrogens with one attached hydrogen (secondary N) is 2. The number of nitrogens with zero attached hydrogens (tertiary/aromatic N) is 3. The maximum atomic E-state index is 12.5. The zero-order valence-electron chi connectivity index (χ0n) is 27.2. The summed E-state index contributed by atoms with van der Waals surface area (Å²) in [5, 5.41) is 68.0. The van der Waals surface area contributed by atoms with Crippen molar-refractivity contribution in [3.8, 4) is 0 Å². The van der Waals surface area contributed by atoms with Crippen molar-refractivity contribution in [1.29, 1.82) is 0 Å². The van der Waals surface area contributed by atoms with Gasteiger partial charge in [-0.3, -0.25) is 4.79 Å². The smallest absolute Gasteiger partial charge is 0.547 e. The van der Waals surface area contributed by atoms with Crippen LogP contribution in [0.2, 0.25) is 0 Å². The standard InChI is InChI=1S/C25H39N5O16S.2Na/c1-40-16-13(32)14(33)23(44-19(16)21(35)36)43-17-15(34)18(24(41-2)45-20(17)22(37)38)46-25(39)26-4-6-42-7-5-30-10-11(28-29-30)9-27-12(31)3-8-47;;/h10,13-20,23-24,32-34,47H,3-9H2,1-2H3,(H,26,39)(H,27,31)(H,35,36)(H,37,38);;/q;2*+1/p-2/t13?,14?,15?,16-,17-,18-,19+,20?,23?,24+;;/m0../s1. The number of carbonyl (C=O) groups excluding carboxylic acids is 4. The van der Waals surface area contributed by atoms with E-state index in [0.717, 1.165) is 14.2 Å². The molecule has 2 amide bonds. The van der Waals surface area contributed by atoms with E-state index in [1.54, 1.807) is 6.20 Å². The quantitative estimate of drug-likeness (QED) is 0.0491. The summed E-state index contributed by atoms with van der Waals surface area (Å²) in [5.74, 6) is -3.49. The van der Waals surface area contributed by atoms with Gasteiger partial charge in [0, 0.05) is 27.2 Å². The number of carboxylic acid groups (broad SMARTS) is 2. The molecule has 1 aromatic rings. The van der Waals surface area contributed by atoms with Crippen molar-refractivity contribution in [2.75, 3.05) is 39.7 Å². The second-order valence-electron chi connectivity index (χ2n) is 10.1. The molecule has 24 heteroatoms. The van der Waals surface area contributed by atoms with Gasteiger partial charge in [-0.05, 0) is 5.75 Å². The van der Waals surface area contributed by atoms with Crippen molar-refractivity contribution in [3.63, 3.8) is 0 Å². The van der Waals surface area contributed by atoms with E-state index >= 15 is 0 Å². The molecule has 0 radical (unpaired) electrons. The van der Waals surface area contributed by atoms with Gasteiger partial charge in [0.25, 0.3) is 0 Å². The number of aliphatic carboxylic acids is 2. The minimum absolute atomic E-state index is 0. The minimum atomic E-state index is -2.10. The van der Waals surface area contributed by atoms with Gasteiger partial charge < -0.3 is 78.9 Å². The van der Waals surface area contributed by atoms with Gasteiger partial charge in [-0.2, -0.15) is 12.6 Å². The Balaban J connectivity index is 0.00000600. The molecule has 3 heterocycles. The fourth-order valence-corrected chi connectivity index (χ4v) is 4.80. The summed E-state index contributed by atoms with van der Waals surface area (Å²) < 4.78 is 37.8. The summed E-state index contributed by atoms with van der Waals surface area (Å²) in [7, 11) is 2.12. The third kappa shape index (κ3) is 13.1. The van der Waals surface area contributed by atoms with Crippen LogP contribution in [-0.4, -0.2) is 155 Å². The van der Waals surface area contributed by atoms with Crippen LogP contribution in [0.15, 0.2) is 6.20 Å². The summed E-state index contributed by atoms with van der Waals surface area (Å²) in [6.45, 7) is 0.669. The van der Waals surface area contributed by atoms with Gasteiger partial charge >= 0.3 is 65.2 Å². The van der Waals surface area contributed by atoms with E-state index in [-0.39, 0.29) is 97.7 Å². The predicted octanol–water partition coefficient (Wildman–Crippen LogP) is -12.6. The SMILES string of the molecule is CO[C@@H]1OC(C(=O)[O-])[C@@H](OC2O[C@@H](C(=O)[O-])[C@@H](OC)C(O)C2O)C(O)[C@@H]1OC(=O)NCCOCCn1cc(CNC(=O)CCS)nn1.[Na+].[Na+]. The van der Waals surface area contributed by atoms with E-state index in [1.165, 1.54) is 4.68 Å². The number of aromatic nitrogens is 3. The molecule has 0 bridgehead atoms. The Morgan fingerprint density at radius 2 is 1.57 bits per heavy atom. The van der Waals surface area contributed by atoms with Crippen molar-refractivity contribution in [1.82, 2.24) is 25.6 Å². The topological polar surface area (TPSA) is 294 Å². The number of alkyl carbamates (subject to hydrolysis) is 1. The van der Waals surface area contributed by atoms with Crippen LogP contribution in [0.5, 0.6) is 0 Å². The van der Waals surface area contributed by atoms with Crippen LogP contribution in [0.25, 0.3) is 0 Å². The number of hydrogen-bond acceptors (Lipinski definition) is 19. The first-order valence-corrected chi connectivity index (χ1v) is 14.8. The van der Waals surface area contributed by atoms with Gasteiger partial charge in [0.2, 0.25) is 5.91 Å². The average Bonchev–Trinajstić information content (AvgIpc) is 3.49. The summed E-state index contributed by atoms with van der Waals surface area (Å²) in [5.41, 5.74) is 0.547. The Bertz CT molecular complexity index is 1210. The molecule has 10 atom stereocenters. The zero-order valence-corrected chi connectivity index (χ0v) is 32.1. The molecule has 0 aromatic carbocycles. The first-order chi connectivity index (χ1) is 22.4. The number of aliphatic hydroxyl groups is 3. The summed E-state index contributed by atoms with van der Waals surface area (Å²) in [6.07, 6.45) is -18.1. The third-order valence-corrected chi connectivity index (χ3v) is 7.16. The molecule has 0 spiro atoms. The van der Waals surface area contributed by atoms with E-state index in [0.29, 0.717) is 18.0 Å². The van der Waals surface area contributed by atoms with Crippen LogP contribution in [-0.2, 0) is 60.6 Å². The van der Waals surface area contributed by atoms with Gasteiger partial charge in [-0.15, -0.1) is 5.10 Å². The number of thiol groups is 1. The van der Waals surface area contributed by atoms with Crippen LogP contribution in [0.3, 0.4) is 0 Å². The Labute approximate surface area is 329 Å². The number of methoxy groups -OCH3 is 2. The van der Waals surface area contributed by atoms with Crippen LogP contribution in [0.4, 0.5) is 4.79 Å². The van der Waals surface area contributed by atoms with Gasteiger partial charge in [0.15, 0.2) is 18.7 Å². The van der Waals surface area contributed by atoms with Crippen LogP contribution in [0, 0.1) is 0 Å². The van der Waals surface area contributed by atoms with E-state index < -0.39 is 79.4 Å². The Hall–Kier alpha value is -1.19. The fraction of sp³-hybridized carbons (Fsp3) is 0.760. The average molecular weight is 742 g/mol. The molecule has 3 rings (SSSR count). The van der Waals surface area contributed by atoms with Crippen LogP contribution in [0.1, 0.15) is 12.1 Å². The number of carbonyl (C=O) groups is 4. The molecule has 5 N–H and O–H groups in total. The van der Waals surface area contributed by atoms with E-state index in [1.807, 2.05) is 0 Å². The number of aliphatic hydroxyl groups excluding tert-OH is 3. The van der Waals surface area contributed by atoms with Crippen molar-refractivity contribution in [3.05, 3.63) is 11.9 Å². The number of rotatable bonds is 17. The van der Waals surface area contributed by atoms with E-state index in [9.17, 15) is 44.7 Å². The normalized spacial score (nSPS) is 29.5. The summed E-state index contributed by atoms with van der Waals surface area (Å²) in [4.78, 5) is 47.4. The second kappa shape index (κ2) is 22.7. The summed E-state index contributed by atoms with van der Waals surface area (Å²) in [6, 6.07) is 0. The molecule has 1 aromatic heterocycles. The Morgan fingerprint density at radius 3 is 2.18 bits per heavy atom. The maximum absolute atomic E-state index is 12.5. The predicted molar refractivity (Wildman–Crippen MR) is 147 cm³/mol. The van der Waals surface area contributed by atoms with Crippen LogP contribution >= 0.6 is 12.6 Å². The monoisotopic (exact) mass is 741 g/mol. The first-order valence-electron chi connectivity index (χ1n) is 14.2. The molecule has 0 aliphatic carbocycles. The zero-order chi connectivity index (χ0) is 34.7. The number of amides is 2. The molecule has 49 heavy (non-hydrogen) atoms. The first kappa shape index (κ1) is 45.8. The molecule has 0 saturated carbocycles. The Kier molecular flexibility index (Phi) is 21.2. The molecule has 2 saturated heterocycles. The molecule has 2 aliphatic heterocycles. The van der Waals surface area contributed by atoms with Gasteiger partial charge in [0.05, 0.1) is 44.4 Å². The number of ether oxygens (including phenoxy) is 7. The van der Waals surface area contributed by atoms with Crippen molar-refractivity contribution < 1.29 is 137 Å². The molecule has 2 aliphatic rings. The van der Waals surface area contributed by atoms with Gasteiger partial charge in [-0.1, -0.05) is 5.21 Å². The van der Waals surface area contributed by atoms with E-state index in [4.69, 9.17) is 33.2 Å². The van der Waals surface area contributed by atoms with Gasteiger partial charge in [-0.25, -0.2) is 9.48 Å². The maximum Gasteiger partial charge on any atom is 1.00 e. The third-order valence-electron chi connectivity index (χ3n) is 6.94. The summed E-state index contributed by atoms with van der Waals surface area (Å²) >= 11 is 3.99. The molecule has 21 nitrogen and oxygen atoms in total. The van der Waals surface area contributed by atoms with Crippen molar-refractivity contribution >= 4 is 36.6 Å². The van der Waals surface area contributed by atoms with Crippen molar-refractivity contribution in [2.24, 2.45) is 0 Å². The molecule has 5 unspecified atom stereocenters. The number of carboxylic acids is 2. The van der Waals surface area contributed by atoms with Gasteiger partial charge in [0.1, 0.15) is 48.4 Å². The van der Waals surface area contributed by atoms with Crippen LogP contribution < -0.4 is 80.0 Å². The molecular formula is C25H37N5Na2O16S. The molecular weight excluding hydrogens is 704 g/mol. The fourth-order valence-electron chi connectivity index (χ4n) is 4.60. The second-order valence-corrected chi connectivity index (χ2v) is 10.6.